The molecule has 0 unspecified atom stereocenters. The highest BCUT2D eigenvalue weighted by molar-refractivity contribution is 5.88. The van der Waals surface area contributed by atoms with Gasteiger partial charge in [-0.25, -0.2) is 9.78 Å². The number of carbonyl (C=O) groups excluding carboxylic acids is 1. The highest BCUT2D eigenvalue weighted by atomic mass is 16.6. The summed E-state index contributed by atoms with van der Waals surface area (Å²) in [5.41, 5.74) is 0.00334. The molecule has 0 N–H and O–H groups in total. The first-order valence-electron chi connectivity index (χ1n) is 6.08. The summed E-state index contributed by atoms with van der Waals surface area (Å²) in [4.78, 5) is 28.0. The van der Waals surface area contributed by atoms with Crippen LogP contribution >= 0.6 is 0 Å². The van der Waals surface area contributed by atoms with E-state index in [-0.39, 0.29) is 23.2 Å². The topological polar surface area (TPSA) is 85.6 Å². The number of hydrogen-bond donors (Lipinski definition) is 0. The van der Waals surface area contributed by atoms with Gasteiger partial charge in [-0.3, -0.25) is 10.1 Å². The highest BCUT2D eigenvalue weighted by Gasteiger charge is 2.33. The van der Waals surface area contributed by atoms with E-state index in [0.717, 1.165) is 12.8 Å². The van der Waals surface area contributed by atoms with E-state index in [1.807, 2.05) is 11.8 Å². The summed E-state index contributed by atoms with van der Waals surface area (Å²) in [5.74, 6) is -0.346. The molecule has 7 heteroatoms. The van der Waals surface area contributed by atoms with Crippen LogP contribution in [0.25, 0.3) is 0 Å². The number of rotatable bonds is 5. The molecule has 7 nitrogen and oxygen atoms in total. The van der Waals surface area contributed by atoms with E-state index in [4.69, 9.17) is 0 Å². The summed E-state index contributed by atoms with van der Waals surface area (Å²) < 4.78 is 4.59. The van der Waals surface area contributed by atoms with Gasteiger partial charge >= 0.3 is 11.7 Å². The predicted molar refractivity (Wildman–Crippen MR) is 68.3 cm³/mol. The van der Waals surface area contributed by atoms with E-state index in [2.05, 4.69) is 9.72 Å². The van der Waals surface area contributed by atoms with Gasteiger partial charge in [0, 0.05) is 18.7 Å². The van der Waals surface area contributed by atoms with Crippen LogP contribution in [0.1, 0.15) is 30.3 Å². The van der Waals surface area contributed by atoms with Gasteiger partial charge in [-0.1, -0.05) is 0 Å². The summed E-state index contributed by atoms with van der Waals surface area (Å²) in [6.45, 7) is 2.53. The van der Waals surface area contributed by atoms with Crippen molar-refractivity contribution in [3.05, 3.63) is 27.9 Å². The Kier molecular flexibility index (Phi) is 3.64. The van der Waals surface area contributed by atoms with E-state index in [1.165, 1.54) is 19.2 Å². The van der Waals surface area contributed by atoms with Crippen molar-refractivity contribution in [1.82, 2.24) is 4.98 Å². The maximum atomic E-state index is 11.5. The Bertz CT molecular complexity index is 514. The number of esters is 1. The fourth-order valence-corrected chi connectivity index (χ4v) is 1.98. The Labute approximate surface area is 110 Å². The highest BCUT2D eigenvalue weighted by Crippen LogP contribution is 2.35. The number of anilines is 1. The summed E-state index contributed by atoms with van der Waals surface area (Å²) in [5, 5.41) is 11.1. The van der Waals surface area contributed by atoms with Crippen molar-refractivity contribution in [2.75, 3.05) is 18.6 Å². The maximum Gasteiger partial charge on any atom is 0.356 e. The molecule has 1 heterocycles. The lowest BCUT2D eigenvalue weighted by Crippen LogP contribution is -2.27. The number of nitro groups is 1. The number of methoxy groups -OCH3 is 1. The van der Waals surface area contributed by atoms with Crippen LogP contribution in [0.2, 0.25) is 0 Å². The summed E-state index contributed by atoms with van der Waals surface area (Å²) in [7, 11) is 1.25. The summed E-state index contributed by atoms with van der Waals surface area (Å²) >= 11 is 0. The lowest BCUT2D eigenvalue weighted by molar-refractivity contribution is -0.384. The SMILES string of the molecule is CCN(c1nc(C(=O)OC)ccc1[N+](=O)[O-])C1CC1. The van der Waals surface area contributed by atoms with E-state index in [9.17, 15) is 14.9 Å². The van der Waals surface area contributed by atoms with Gasteiger partial charge in [-0.05, 0) is 25.8 Å². The van der Waals surface area contributed by atoms with E-state index < -0.39 is 10.9 Å². The third-order valence-corrected chi connectivity index (χ3v) is 3.05. The van der Waals surface area contributed by atoms with Gasteiger partial charge in [0.1, 0.15) is 0 Å². The largest absolute Gasteiger partial charge is 0.464 e. The monoisotopic (exact) mass is 265 g/mol. The average Bonchev–Trinajstić information content (AvgIpc) is 3.23. The smallest absolute Gasteiger partial charge is 0.356 e. The lowest BCUT2D eigenvalue weighted by Gasteiger charge is -2.21. The molecule has 1 aliphatic carbocycles. The Morgan fingerprint density at radius 1 is 1.58 bits per heavy atom. The van der Waals surface area contributed by atoms with Gasteiger partial charge in [-0.2, -0.15) is 0 Å². The summed E-state index contributed by atoms with van der Waals surface area (Å²) in [6, 6.07) is 2.90. The molecule has 102 valence electrons. The molecule has 0 aliphatic heterocycles. The first-order chi connectivity index (χ1) is 9.08. The number of aromatic nitrogens is 1. The molecule has 0 aromatic carbocycles. The van der Waals surface area contributed by atoms with E-state index in [1.54, 1.807) is 0 Å². The fourth-order valence-electron chi connectivity index (χ4n) is 1.98. The van der Waals surface area contributed by atoms with Gasteiger partial charge in [0.25, 0.3) is 0 Å². The molecule has 1 saturated carbocycles. The Hall–Kier alpha value is -2.18. The molecular weight excluding hydrogens is 250 g/mol. The molecule has 1 aliphatic rings. The molecule has 1 fully saturated rings. The Morgan fingerprint density at radius 2 is 2.26 bits per heavy atom. The van der Waals surface area contributed by atoms with Crippen molar-refractivity contribution >= 4 is 17.5 Å². The van der Waals surface area contributed by atoms with Crippen LogP contribution in [0.4, 0.5) is 11.5 Å². The molecular formula is C12H15N3O4. The molecule has 0 spiro atoms. The molecule has 0 atom stereocenters. The maximum absolute atomic E-state index is 11.5. The molecule has 0 radical (unpaired) electrons. The zero-order valence-electron chi connectivity index (χ0n) is 10.8. The van der Waals surface area contributed by atoms with Crippen LogP contribution in [-0.4, -0.2) is 35.6 Å². The second-order valence-electron chi connectivity index (χ2n) is 4.31. The van der Waals surface area contributed by atoms with Gasteiger partial charge in [0.15, 0.2) is 5.69 Å². The number of nitrogens with zero attached hydrogens (tertiary/aromatic N) is 3. The number of hydrogen-bond acceptors (Lipinski definition) is 6. The van der Waals surface area contributed by atoms with Crippen LogP contribution in [0.15, 0.2) is 12.1 Å². The predicted octanol–water partition coefficient (Wildman–Crippen LogP) is 1.77. The minimum atomic E-state index is -0.594. The standard InChI is InChI=1S/C12H15N3O4/c1-3-14(8-4-5-8)11-10(15(17)18)7-6-9(13-11)12(16)19-2/h6-8H,3-5H2,1-2H3. The Balaban J connectivity index is 2.46. The van der Waals surface area contributed by atoms with Gasteiger partial charge < -0.3 is 9.64 Å². The van der Waals surface area contributed by atoms with Crippen LogP contribution in [-0.2, 0) is 4.74 Å². The number of pyridine rings is 1. The van der Waals surface area contributed by atoms with Crippen LogP contribution in [0.5, 0.6) is 0 Å². The minimum Gasteiger partial charge on any atom is -0.464 e. The Morgan fingerprint density at radius 3 is 2.74 bits per heavy atom. The zero-order valence-corrected chi connectivity index (χ0v) is 10.8. The normalized spacial score (nSPS) is 14.0. The first kappa shape index (κ1) is 13.3. The second-order valence-corrected chi connectivity index (χ2v) is 4.31. The lowest BCUT2D eigenvalue weighted by atomic mass is 10.3. The molecule has 2 rings (SSSR count). The third-order valence-electron chi connectivity index (χ3n) is 3.05. The molecule has 1 aromatic rings. The zero-order chi connectivity index (χ0) is 14.0. The van der Waals surface area contributed by atoms with Crippen molar-refractivity contribution in [2.24, 2.45) is 0 Å². The first-order valence-corrected chi connectivity index (χ1v) is 6.08. The van der Waals surface area contributed by atoms with E-state index >= 15 is 0 Å². The third kappa shape index (κ3) is 2.64. The van der Waals surface area contributed by atoms with Crippen molar-refractivity contribution in [1.29, 1.82) is 0 Å². The quantitative estimate of drug-likeness (QED) is 0.458. The van der Waals surface area contributed by atoms with Gasteiger partial charge in [-0.15, -0.1) is 0 Å². The fraction of sp³-hybridized carbons (Fsp3) is 0.500. The van der Waals surface area contributed by atoms with Crippen molar-refractivity contribution in [3.63, 3.8) is 0 Å². The van der Waals surface area contributed by atoms with Crippen LogP contribution in [0, 0.1) is 10.1 Å². The number of ether oxygens (including phenoxy) is 1. The molecule has 0 saturated heterocycles. The second kappa shape index (κ2) is 5.21. The van der Waals surface area contributed by atoms with Crippen molar-refractivity contribution < 1.29 is 14.5 Å². The molecule has 0 amide bonds. The van der Waals surface area contributed by atoms with E-state index in [0.29, 0.717) is 6.54 Å². The summed E-state index contributed by atoms with van der Waals surface area (Å²) in [6.07, 6.45) is 1.99. The van der Waals surface area contributed by atoms with Crippen molar-refractivity contribution in [2.45, 2.75) is 25.8 Å². The minimum absolute atomic E-state index is 0.0820. The molecule has 1 aromatic heterocycles. The molecule has 19 heavy (non-hydrogen) atoms. The average molecular weight is 265 g/mol. The van der Waals surface area contributed by atoms with Crippen LogP contribution in [0.3, 0.4) is 0 Å². The molecule has 0 bridgehead atoms. The van der Waals surface area contributed by atoms with Gasteiger partial charge in [0.2, 0.25) is 5.82 Å². The van der Waals surface area contributed by atoms with Crippen LogP contribution < -0.4 is 4.90 Å². The number of carbonyl (C=O) groups is 1. The van der Waals surface area contributed by atoms with Crippen molar-refractivity contribution in [3.8, 4) is 0 Å². The van der Waals surface area contributed by atoms with Gasteiger partial charge in [0.05, 0.1) is 12.0 Å².